The molecule has 90 valence electrons. The van der Waals surface area contributed by atoms with E-state index in [1.807, 2.05) is 26.8 Å². The zero-order valence-electron chi connectivity index (χ0n) is 10.0. The monoisotopic (exact) mass is 225 g/mol. The highest BCUT2D eigenvalue weighted by molar-refractivity contribution is 5.19. The summed E-state index contributed by atoms with van der Waals surface area (Å²) in [6, 6.07) is 1.88. The molecule has 4 nitrogen and oxygen atoms in total. The van der Waals surface area contributed by atoms with Gasteiger partial charge in [0.05, 0.1) is 0 Å². The van der Waals surface area contributed by atoms with Crippen LogP contribution in [0.5, 0.6) is 0 Å². The van der Waals surface area contributed by atoms with Crippen LogP contribution in [0.4, 0.5) is 0 Å². The molecule has 0 radical (unpaired) electrons. The predicted octanol–water partition coefficient (Wildman–Crippen LogP) is 1.82. The highest BCUT2D eigenvalue weighted by atomic mass is 16.7. The van der Waals surface area contributed by atoms with E-state index in [-0.39, 0.29) is 0 Å². The molecule has 0 aliphatic rings. The second-order valence-electron chi connectivity index (χ2n) is 3.52. The summed E-state index contributed by atoms with van der Waals surface area (Å²) < 4.78 is 10.7. The summed E-state index contributed by atoms with van der Waals surface area (Å²) in [5.74, 6) is 0. The van der Waals surface area contributed by atoms with Crippen molar-refractivity contribution in [3.05, 3.63) is 29.6 Å². The number of rotatable bonds is 6. The van der Waals surface area contributed by atoms with Gasteiger partial charge in [-0.3, -0.25) is 4.98 Å². The first kappa shape index (κ1) is 13.1. The Morgan fingerprint density at radius 3 is 2.38 bits per heavy atom. The third-order valence-corrected chi connectivity index (χ3v) is 2.16. The van der Waals surface area contributed by atoms with Crippen LogP contribution in [0.25, 0.3) is 0 Å². The highest BCUT2D eigenvalue weighted by Crippen LogP contribution is 2.20. The van der Waals surface area contributed by atoms with E-state index in [2.05, 4.69) is 4.98 Å². The second-order valence-corrected chi connectivity index (χ2v) is 3.52. The van der Waals surface area contributed by atoms with Crippen LogP contribution >= 0.6 is 0 Å². The molecule has 0 bridgehead atoms. The van der Waals surface area contributed by atoms with Crippen LogP contribution in [0, 0.1) is 6.92 Å². The molecular weight excluding hydrogens is 206 g/mol. The Bertz CT molecular complexity index is 311. The first-order chi connectivity index (χ1) is 7.69. The Kier molecular flexibility index (Phi) is 5.38. The third-order valence-electron chi connectivity index (χ3n) is 2.16. The topological polar surface area (TPSA) is 51.6 Å². The molecule has 0 amide bonds. The van der Waals surface area contributed by atoms with E-state index < -0.39 is 12.4 Å². The van der Waals surface area contributed by atoms with E-state index in [0.717, 1.165) is 5.56 Å². The summed E-state index contributed by atoms with van der Waals surface area (Å²) in [4.78, 5) is 4.04. The number of aryl methyl sites for hydroxylation is 1. The Balaban J connectivity index is 2.76. The van der Waals surface area contributed by atoms with E-state index in [1.54, 1.807) is 12.4 Å². The number of pyridine rings is 1. The Hall–Kier alpha value is -0.970. The van der Waals surface area contributed by atoms with Crippen LogP contribution in [-0.2, 0) is 9.47 Å². The quantitative estimate of drug-likeness (QED) is 0.750. The van der Waals surface area contributed by atoms with Crippen molar-refractivity contribution >= 4 is 0 Å². The number of nitrogens with zero attached hydrogens (tertiary/aromatic N) is 1. The predicted molar refractivity (Wildman–Crippen MR) is 61.0 cm³/mol. The van der Waals surface area contributed by atoms with E-state index in [0.29, 0.717) is 18.8 Å². The molecule has 1 N–H and O–H groups in total. The van der Waals surface area contributed by atoms with Crippen LogP contribution in [0.2, 0.25) is 0 Å². The van der Waals surface area contributed by atoms with Gasteiger partial charge >= 0.3 is 0 Å². The number of hydrogen-bond acceptors (Lipinski definition) is 4. The van der Waals surface area contributed by atoms with Crippen molar-refractivity contribution in [1.29, 1.82) is 0 Å². The zero-order valence-corrected chi connectivity index (χ0v) is 10.0. The largest absolute Gasteiger partial charge is 0.383 e. The average Bonchev–Trinajstić information content (AvgIpc) is 2.28. The first-order valence-corrected chi connectivity index (χ1v) is 5.51. The summed E-state index contributed by atoms with van der Waals surface area (Å²) in [5.41, 5.74) is 1.72. The lowest BCUT2D eigenvalue weighted by atomic mass is 10.1. The van der Waals surface area contributed by atoms with Crippen molar-refractivity contribution in [3.8, 4) is 0 Å². The molecule has 0 spiro atoms. The molecule has 0 aliphatic heterocycles. The maximum absolute atomic E-state index is 10.1. The van der Waals surface area contributed by atoms with E-state index in [4.69, 9.17) is 9.47 Å². The molecule has 1 heterocycles. The molecule has 0 saturated carbocycles. The molecule has 4 heteroatoms. The molecule has 16 heavy (non-hydrogen) atoms. The molecule has 1 unspecified atom stereocenters. The number of hydrogen-bond donors (Lipinski definition) is 1. The number of aromatic nitrogens is 1. The molecular formula is C12H19NO3. The highest BCUT2D eigenvalue weighted by Gasteiger charge is 2.21. The van der Waals surface area contributed by atoms with Gasteiger partial charge in [-0.05, 0) is 26.3 Å². The Labute approximate surface area is 96.2 Å². The maximum atomic E-state index is 10.1. The van der Waals surface area contributed by atoms with Crippen LogP contribution in [-0.4, -0.2) is 29.6 Å². The molecule has 1 aromatic heterocycles. The van der Waals surface area contributed by atoms with Crippen LogP contribution < -0.4 is 0 Å². The summed E-state index contributed by atoms with van der Waals surface area (Å²) in [6.07, 6.45) is 1.95. The van der Waals surface area contributed by atoms with Crippen molar-refractivity contribution in [2.45, 2.75) is 33.2 Å². The first-order valence-electron chi connectivity index (χ1n) is 5.51. The summed E-state index contributed by atoms with van der Waals surface area (Å²) in [6.45, 7) is 6.67. The number of ether oxygens (including phenoxy) is 2. The van der Waals surface area contributed by atoms with Crippen molar-refractivity contribution < 1.29 is 14.6 Å². The minimum Gasteiger partial charge on any atom is -0.383 e. The van der Waals surface area contributed by atoms with Crippen molar-refractivity contribution in [2.24, 2.45) is 0 Å². The lowest BCUT2D eigenvalue weighted by Gasteiger charge is -2.22. The fourth-order valence-electron chi connectivity index (χ4n) is 1.46. The molecule has 1 atom stereocenters. The summed E-state index contributed by atoms with van der Waals surface area (Å²) >= 11 is 0. The maximum Gasteiger partial charge on any atom is 0.187 e. The van der Waals surface area contributed by atoms with Gasteiger partial charge in [0.15, 0.2) is 6.29 Å². The van der Waals surface area contributed by atoms with Crippen LogP contribution in [0.3, 0.4) is 0 Å². The van der Waals surface area contributed by atoms with Crippen molar-refractivity contribution in [3.63, 3.8) is 0 Å². The fraction of sp³-hybridized carbons (Fsp3) is 0.583. The average molecular weight is 225 g/mol. The van der Waals surface area contributed by atoms with Gasteiger partial charge in [0, 0.05) is 31.2 Å². The van der Waals surface area contributed by atoms with Gasteiger partial charge in [-0.2, -0.15) is 0 Å². The number of aliphatic hydroxyl groups excluding tert-OH is 1. The Morgan fingerprint density at radius 2 is 1.88 bits per heavy atom. The third kappa shape index (κ3) is 3.56. The van der Waals surface area contributed by atoms with Gasteiger partial charge in [0.2, 0.25) is 0 Å². The van der Waals surface area contributed by atoms with Gasteiger partial charge < -0.3 is 14.6 Å². The van der Waals surface area contributed by atoms with Gasteiger partial charge in [-0.25, -0.2) is 0 Å². The summed E-state index contributed by atoms with van der Waals surface area (Å²) in [5, 5.41) is 10.1. The molecule has 1 aromatic rings. The zero-order chi connectivity index (χ0) is 12.0. The van der Waals surface area contributed by atoms with Crippen molar-refractivity contribution in [1.82, 2.24) is 4.98 Å². The molecule has 1 rings (SSSR count). The van der Waals surface area contributed by atoms with Crippen molar-refractivity contribution in [2.75, 3.05) is 13.2 Å². The minimum atomic E-state index is -0.799. The molecule has 0 aliphatic carbocycles. The van der Waals surface area contributed by atoms with Gasteiger partial charge in [0.25, 0.3) is 0 Å². The van der Waals surface area contributed by atoms with Crippen LogP contribution in [0.1, 0.15) is 31.1 Å². The molecule has 0 fully saturated rings. The second kappa shape index (κ2) is 6.58. The van der Waals surface area contributed by atoms with E-state index >= 15 is 0 Å². The Morgan fingerprint density at radius 1 is 1.25 bits per heavy atom. The minimum absolute atomic E-state index is 0.501. The van der Waals surface area contributed by atoms with Gasteiger partial charge in [0.1, 0.15) is 6.10 Å². The smallest absolute Gasteiger partial charge is 0.187 e. The lowest BCUT2D eigenvalue weighted by Crippen LogP contribution is -2.25. The summed E-state index contributed by atoms with van der Waals surface area (Å²) in [7, 11) is 0. The van der Waals surface area contributed by atoms with E-state index in [1.165, 1.54) is 0 Å². The number of aliphatic hydroxyl groups is 1. The normalized spacial score (nSPS) is 13.1. The molecule has 0 aromatic carbocycles. The standard InChI is InChI=1S/C12H19NO3/c1-4-15-12(16-5-2)11(14)10-6-9(3)7-13-8-10/h6-8,11-12,14H,4-5H2,1-3H3. The fourth-order valence-corrected chi connectivity index (χ4v) is 1.46. The lowest BCUT2D eigenvalue weighted by molar-refractivity contribution is -0.191. The van der Waals surface area contributed by atoms with Crippen LogP contribution in [0.15, 0.2) is 18.5 Å². The SMILES string of the molecule is CCOC(OCC)C(O)c1cncc(C)c1. The molecule has 0 saturated heterocycles. The van der Waals surface area contributed by atoms with E-state index in [9.17, 15) is 5.11 Å². The van der Waals surface area contributed by atoms with Gasteiger partial charge in [-0.15, -0.1) is 0 Å². The van der Waals surface area contributed by atoms with Gasteiger partial charge in [-0.1, -0.05) is 6.07 Å².